The SMILES string of the molecule is C=CCC[C@@H](O)CN(C)[C@@H]1CCS(=O)(=O)C1. The Labute approximate surface area is 97.9 Å². The van der Waals surface area contributed by atoms with Crippen molar-refractivity contribution in [1.29, 1.82) is 0 Å². The third kappa shape index (κ3) is 4.23. The van der Waals surface area contributed by atoms with Crippen LogP contribution < -0.4 is 0 Å². The highest BCUT2D eigenvalue weighted by molar-refractivity contribution is 7.91. The van der Waals surface area contributed by atoms with Gasteiger partial charge in [0.05, 0.1) is 17.6 Å². The van der Waals surface area contributed by atoms with E-state index in [0.717, 1.165) is 6.42 Å². The first kappa shape index (κ1) is 13.7. The van der Waals surface area contributed by atoms with Crippen molar-refractivity contribution >= 4 is 9.84 Å². The topological polar surface area (TPSA) is 57.6 Å². The first-order valence-corrected chi connectivity index (χ1v) is 7.46. The molecule has 0 saturated carbocycles. The van der Waals surface area contributed by atoms with Crippen LogP contribution in [0.1, 0.15) is 19.3 Å². The number of hydrogen-bond acceptors (Lipinski definition) is 4. The van der Waals surface area contributed by atoms with Crippen molar-refractivity contribution in [3.63, 3.8) is 0 Å². The number of aliphatic hydroxyl groups excluding tert-OH is 1. The van der Waals surface area contributed by atoms with E-state index in [1.807, 2.05) is 11.9 Å². The van der Waals surface area contributed by atoms with Gasteiger partial charge in [-0.15, -0.1) is 6.58 Å². The summed E-state index contributed by atoms with van der Waals surface area (Å²) in [5.41, 5.74) is 0. The summed E-state index contributed by atoms with van der Waals surface area (Å²) in [6, 6.07) is 0.0726. The predicted octanol–water partition coefficient (Wildman–Crippen LogP) is 0.432. The average Bonchev–Trinajstić information content (AvgIpc) is 2.56. The maximum atomic E-state index is 11.3. The number of nitrogens with zero attached hydrogens (tertiary/aromatic N) is 1. The van der Waals surface area contributed by atoms with Crippen molar-refractivity contribution in [1.82, 2.24) is 4.90 Å². The van der Waals surface area contributed by atoms with Gasteiger partial charge in [0, 0.05) is 12.6 Å². The van der Waals surface area contributed by atoms with E-state index in [9.17, 15) is 13.5 Å². The molecule has 0 aromatic heterocycles. The summed E-state index contributed by atoms with van der Waals surface area (Å²) in [6.45, 7) is 4.14. The molecular formula is C11H21NO3S. The molecular weight excluding hydrogens is 226 g/mol. The molecule has 0 amide bonds. The minimum Gasteiger partial charge on any atom is -0.392 e. The quantitative estimate of drug-likeness (QED) is 0.692. The molecule has 0 aromatic rings. The van der Waals surface area contributed by atoms with Crippen LogP contribution in [0.2, 0.25) is 0 Å². The minimum absolute atomic E-state index is 0.0726. The van der Waals surface area contributed by atoms with Gasteiger partial charge < -0.3 is 5.11 Å². The first-order chi connectivity index (χ1) is 7.44. The van der Waals surface area contributed by atoms with Crippen molar-refractivity contribution in [3.05, 3.63) is 12.7 Å². The summed E-state index contributed by atoms with van der Waals surface area (Å²) < 4.78 is 22.6. The van der Waals surface area contributed by atoms with Gasteiger partial charge in [0.25, 0.3) is 0 Å². The van der Waals surface area contributed by atoms with E-state index < -0.39 is 15.9 Å². The van der Waals surface area contributed by atoms with Crippen LogP contribution in [0.25, 0.3) is 0 Å². The highest BCUT2D eigenvalue weighted by Crippen LogP contribution is 2.17. The Balaban J connectivity index is 2.35. The van der Waals surface area contributed by atoms with E-state index in [-0.39, 0.29) is 17.5 Å². The maximum Gasteiger partial charge on any atom is 0.151 e. The van der Waals surface area contributed by atoms with Crippen LogP contribution in [0.15, 0.2) is 12.7 Å². The lowest BCUT2D eigenvalue weighted by Gasteiger charge is -2.25. The van der Waals surface area contributed by atoms with Gasteiger partial charge in [-0.1, -0.05) is 6.08 Å². The third-order valence-electron chi connectivity index (χ3n) is 3.03. The van der Waals surface area contributed by atoms with Crippen molar-refractivity contribution < 1.29 is 13.5 Å². The Bertz CT molecular complexity index is 326. The second-order valence-electron chi connectivity index (χ2n) is 4.52. The van der Waals surface area contributed by atoms with Gasteiger partial charge in [0.1, 0.15) is 0 Å². The van der Waals surface area contributed by atoms with Crippen LogP contribution >= 0.6 is 0 Å². The average molecular weight is 247 g/mol. The molecule has 1 aliphatic heterocycles. The standard InChI is InChI=1S/C11H21NO3S/c1-3-4-5-11(13)8-12(2)10-6-7-16(14,15)9-10/h3,10-11,13H,1,4-9H2,2H3/t10-,11-/m1/s1. The molecule has 0 radical (unpaired) electrons. The number of rotatable bonds is 6. The summed E-state index contributed by atoms with van der Waals surface area (Å²) in [5, 5.41) is 9.70. The van der Waals surface area contributed by atoms with Crippen molar-refractivity contribution in [3.8, 4) is 0 Å². The highest BCUT2D eigenvalue weighted by atomic mass is 32.2. The molecule has 1 N–H and O–H groups in total. The summed E-state index contributed by atoms with van der Waals surface area (Å²) in [4.78, 5) is 1.96. The monoisotopic (exact) mass is 247 g/mol. The smallest absolute Gasteiger partial charge is 0.151 e. The largest absolute Gasteiger partial charge is 0.392 e. The summed E-state index contributed by atoms with van der Waals surface area (Å²) in [5.74, 6) is 0.516. The fraction of sp³-hybridized carbons (Fsp3) is 0.818. The van der Waals surface area contributed by atoms with E-state index in [1.165, 1.54) is 0 Å². The number of likely N-dealkylation sites (N-methyl/N-ethyl adjacent to an activating group) is 1. The van der Waals surface area contributed by atoms with E-state index in [2.05, 4.69) is 6.58 Å². The van der Waals surface area contributed by atoms with E-state index in [1.54, 1.807) is 6.08 Å². The molecule has 0 aliphatic carbocycles. The van der Waals surface area contributed by atoms with Crippen LogP contribution in [0.5, 0.6) is 0 Å². The van der Waals surface area contributed by atoms with Gasteiger partial charge in [0.15, 0.2) is 9.84 Å². The lowest BCUT2D eigenvalue weighted by Crippen LogP contribution is -2.38. The Morgan fingerprint density at radius 3 is 2.81 bits per heavy atom. The molecule has 1 saturated heterocycles. The molecule has 16 heavy (non-hydrogen) atoms. The van der Waals surface area contributed by atoms with Gasteiger partial charge in [-0.3, -0.25) is 4.90 Å². The molecule has 1 rings (SSSR count). The zero-order chi connectivity index (χ0) is 12.2. The molecule has 2 atom stereocenters. The predicted molar refractivity (Wildman–Crippen MR) is 65.1 cm³/mol. The normalized spacial score (nSPS) is 25.8. The van der Waals surface area contributed by atoms with Crippen molar-refractivity contribution in [2.45, 2.75) is 31.4 Å². The Morgan fingerprint density at radius 1 is 1.62 bits per heavy atom. The number of aliphatic hydroxyl groups is 1. The lowest BCUT2D eigenvalue weighted by atomic mass is 10.1. The first-order valence-electron chi connectivity index (χ1n) is 5.64. The minimum atomic E-state index is -2.83. The second-order valence-corrected chi connectivity index (χ2v) is 6.75. The Morgan fingerprint density at radius 2 is 2.31 bits per heavy atom. The number of hydrogen-bond donors (Lipinski definition) is 1. The van der Waals surface area contributed by atoms with Crippen LogP contribution in [-0.2, 0) is 9.84 Å². The molecule has 1 heterocycles. The molecule has 0 bridgehead atoms. The molecule has 1 fully saturated rings. The van der Waals surface area contributed by atoms with Crippen molar-refractivity contribution in [2.75, 3.05) is 25.1 Å². The molecule has 5 heteroatoms. The third-order valence-corrected chi connectivity index (χ3v) is 4.78. The Hall–Kier alpha value is -0.390. The van der Waals surface area contributed by atoms with Gasteiger partial charge in [-0.05, 0) is 26.3 Å². The summed E-state index contributed by atoms with van der Waals surface area (Å²) >= 11 is 0. The van der Waals surface area contributed by atoms with Crippen LogP contribution in [0.3, 0.4) is 0 Å². The van der Waals surface area contributed by atoms with Gasteiger partial charge in [-0.25, -0.2) is 8.42 Å². The lowest BCUT2D eigenvalue weighted by molar-refractivity contribution is 0.103. The van der Waals surface area contributed by atoms with Gasteiger partial charge in [0.2, 0.25) is 0 Å². The fourth-order valence-electron chi connectivity index (χ4n) is 2.01. The molecule has 0 aromatic carbocycles. The molecule has 0 unspecified atom stereocenters. The van der Waals surface area contributed by atoms with Crippen LogP contribution in [-0.4, -0.2) is 55.7 Å². The molecule has 94 valence electrons. The summed E-state index contributed by atoms with van der Waals surface area (Å²) in [7, 11) is -0.955. The summed E-state index contributed by atoms with van der Waals surface area (Å²) in [6.07, 6.45) is 3.55. The van der Waals surface area contributed by atoms with E-state index >= 15 is 0 Å². The highest BCUT2D eigenvalue weighted by Gasteiger charge is 2.30. The second kappa shape index (κ2) is 5.80. The van der Waals surface area contributed by atoms with E-state index in [4.69, 9.17) is 0 Å². The zero-order valence-electron chi connectivity index (χ0n) is 9.80. The fourth-order valence-corrected chi connectivity index (χ4v) is 3.81. The molecule has 1 aliphatic rings. The van der Waals surface area contributed by atoms with Gasteiger partial charge >= 0.3 is 0 Å². The van der Waals surface area contributed by atoms with E-state index in [0.29, 0.717) is 19.4 Å². The Kier molecular flexibility index (Phi) is 4.95. The van der Waals surface area contributed by atoms with Crippen LogP contribution in [0, 0.1) is 0 Å². The maximum absolute atomic E-state index is 11.3. The number of allylic oxidation sites excluding steroid dienone is 1. The van der Waals surface area contributed by atoms with Gasteiger partial charge in [-0.2, -0.15) is 0 Å². The van der Waals surface area contributed by atoms with Crippen LogP contribution in [0.4, 0.5) is 0 Å². The molecule has 4 nitrogen and oxygen atoms in total. The molecule has 0 spiro atoms. The zero-order valence-corrected chi connectivity index (χ0v) is 10.6. The number of sulfone groups is 1. The van der Waals surface area contributed by atoms with Crippen molar-refractivity contribution in [2.24, 2.45) is 0 Å².